The third-order valence-corrected chi connectivity index (χ3v) is 3.74. The largest absolute Gasteiger partial charge is 0.374 e. The second-order valence-electron chi connectivity index (χ2n) is 2.83. The minimum Gasteiger partial charge on any atom is -0.374 e. The molecule has 2 atom stereocenters. The molecule has 0 aromatic carbocycles. The first-order chi connectivity index (χ1) is 6.31. The molecule has 2 heterocycles. The van der Waals surface area contributed by atoms with E-state index in [0.29, 0.717) is 5.25 Å². The summed E-state index contributed by atoms with van der Waals surface area (Å²) in [7, 11) is 0. The average molecular weight is 210 g/mol. The number of allylic oxidation sites excluding steroid dienone is 2. The van der Waals surface area contributed by atoms with Crippen molar-refractivity contribution in [1.82, 2.24) is 0 Å². The highest BCUT2D eigenvalue weighted by Gasteiger charge is 2.51. The SMILES string of the molecule is OC12C=CC=CC1S2.c1ccsc1. The highest BCUT2D eigenvalue weighted by Crippen LogP contribution is 2.54. The number of fused-ring (bicyclic) bond motifs is 1. The standard InChI is InChI=1S/C6H6OS.C4H4S/c7-6-4-2-1-3-5(6)8-6;1-2-4-5-3-1/h1-5,7H;1-4H. The van der Waals surface area contributed by atoms with Crippen LogP contribution in [0.5, 0.6) is 0 Å². The first kappa shape index (κ1) is 9.06. The van der Waals surface area contributed by atoms with Gasteiger partial charge in [-0.25, -0.2) is 0 Å². The van der Waals surface area contributed by atoms with Crippen LogP contribution in [-0.2, 0) is 0 Å². The Morgan fingerprint density at radius 3 is 2.31 bits per heavy atom. The highest BCUT2D eigenvalue weighted by molar-refractivity contribution is 8.08. The van der Waals surface area contributed by atoms with Gasteiger partial charge < -0.3 is 5.11 Å². The molecule has 1 aromatic heterocycles. The van der Waals surface area contributed by atoms with Gasteiger partial charge in [-0.15, -0.1) is 11.8 Å². The molecule has 0 spiro atoms. The van der Waals surface area contributed by atoms with Gasteiger partial charge in [0.25, 0.3) is 0 Å². The first-order valence-corrected chi connectivity index (χ1v) is 5.87. The molecular formula is C10H10OS2. The Labute approximate surface area is 85.8 Å². The van der Waals surface area contributed by atoms with Crippen LogP contribution >= 0.6 is 23.1 Å². The number of rotatable bonds is 0. The summed E-state index contributed by atoms with van der Waals surface area (Å²) >= 11 is 3.30. The Morgan fingerprint density at radius 2 is 1.92 bits per heavy atom. The van der Waals surface area contributed by atoms with Gasteiger partial charge in [-0.3, -0.25) is 0 Å². The molecule has 1 fully saturated rings. The van der Waals surface area contributed by atoms with Gasteiger partial charge in [0.1, 0.15) is 4.93 Å². The number of thiophene rings is 1. The maximum atomic E-state index is 9.27. The Hall–Kier alpha value is -0.510. The van der Waals surface area contributed by atoms with Crippen LogP contribution in [0.4, 0.5) is 0 Å². The monoisotopic (exact) mass is 210 g/mol. The highest BCUT2D eigenvalue weighted by atomic mass is 32.2. The third kappa shape index (κ3) is 2.24. The lowest BCUT2D eigenvalue weighted by Gasteiger charge is -1.98. The van der Waals surface area contributed by atoms with E-state index in [9.17, 15) is 5.11 Å². The summed E-state index contributed by atoms with van der Waals surface area (Å²) in [6.07, 6.45) is 7.71. The van der Waals surface area contributed by atoms with Crippen molar-refractivity contribution in [2.75, 3.05) is 0 Å². The fraction of sp³-hybridized carbons (Fsp3) is 0.200. The maximum absolute atomic E-state index is 9.27. The molecule has 1 aromatic rings. The smallest absolute Gasteiger partial charge is 0.145 e. The lowest BCUT2D eigenvalue weighted by molar-refractivity contribution is 0.228. The maximum Gasteiger partial charge on any atom is 0.145 e. The van der Waals surface area contributed by atoms with Crippen LogP contribution in [0.2, 0.25) is 0 Å². The van der Waals surface area contributed by atoms with Crippen molar-refractivity contribution in [3.05, 3.63) is 47.2 Å². The minimum absolute atomic E-state index is 0.354. The molecule has 2 aliphatic rings. The van der Waals surface area contributed by atoms with E-state index in [-0.39, 0.29) is 0 Å². The molecule has 1 nitrogen and oxygen atoms in total. The molecule has 13 heavy (non-hydrogen) atoms. The molecule has 0 bridgehead atoms. The molecule has 3 rings (SSSR count). The van der Waals surface area contributed by atoms with Crippen molar-refractivity contribution in [1.29, 1.82) is 0 Å². The van der Waals surface area contributed by atoms with E-state index in [2.05, 4.69) is 0 Å². The molecular weight excluding hydrogens is 200 g/mol. The second kappa shape index (κ2) is 3.70. The number of aliphatic hydroxyl groups is 1. The van der Waals surface area contributed by atoms with Gasteiger partial charge in [-0.05, 0) is 16.8 Å². The van der Waals surface area contributed by atoms with E-state index in [0.717, 1.165) is 0 Å². The first-order valence-electron chi connectivity index (χ1n) is 4.05. The van der Waals surface area contributed by atoms with Gasteiger partial charge in [-0.1, -0.05) is 30.4 Å². The number of hydrogen-bond acceptors (Lipinski definition) is 3. The summed E-state index contributed by atoms with van der Waals surface area (Å²) in [5.74, 6) is 0. The quantitative estimate of drug-likeness (QED) is 0.664. The predicted molar refractivity (Wildman–Crippen MR) is 58.9 cm³/mol. The zero-order chi connectivity index (χ0) is 9.15. The average Bonchev–Trinajstić information content (AvgIpc) is 2.61. The zero-order valence-corrected chi connectivity index (χ0v) is 8.59. The molecule has 2 unspecified atom stereocenters. The van der Waals surface area contributed by atoms with Gasteiger partial charge >= 0.3 is 0 Å². The van der Waals surface area contributed by atoms with E-state index < -0.39 is 4.93 Å². The normalized spacial score (nSPS) is 33.2. The molecule has 1 N–H and O–H groups in total. The fourth-order valence-electron chi connectivity index (χ4n) is 1.07. The Balaban J connectivity index is 0.000000113. The summed E-state index contributed by atoms with van der Waals surface area (Å²) in [5.41, 5.74) is 0. The molecule has 0 radical (unpaired) electrons. The summed E-state index contributed by atoms with van der Waals surface area (Å²) < 4.78 is 0. The molecule has 0 amide bonds. The van der Waals surface area contributed by atoms with Crippen LogP contribution < -0.4 is 0 Å². The Bertz CT molecular complexity index is 298. The zero-order valence-electron chi connectivity index (χ0n) is 6.96. The lowest BCUT2D eigenvalue weighted by Crippen LogP contribution is -2.08. The van der Waals surface area contributed by atoms with Crippen molar-refractivity contribution in [3.8, 4) is 0 Å². The van der Waals surface area contributed by atoms with E-state index in [1.807, 2.05) is 47.2 Å². The van der Waals surface area contributed by atoms with Crippen LogP contribution in [0.15, 0.2) is 47.2 Å². The van der Waals surface area contributed by atoms with Gasteiger partial charge in [0.2, 0.25) is 0 Å². The summed E-state index contributed by atoms with van der Waals surface area (Å²) in [5, 5.41) is 13.7. The van der Waals surface area contributed by atoms with Crippen LogP contribution in [-0.4, -0.2) is 15.3 Å². The van der Waals surface area contributed by atoms with Crippen LogP contribution in [0.1, 0.15) is 0 Å². The molecule has 3 heteroatoms. The predicted octanol–water partition coefficient (Wildman–Crippen LogP) is 2.66. The van der Waals surface area contributed by atoms with Gasteiger partial charge in [0.05, 0.1) is 5.25 Å². The Morgan fingerprint density at radius 1 is 1.15 bits per heavy atom. The van der Waals surface area contributed by atoms with Crippen molar-refractivity contribution < 1.29 is 5.11 Å². The lowest BCUT2D eigenvalue weighted by atomic mass is 10.1. The van der Waals surface area contributed by atoms with Crippen molar-refractivity contribution in [2.45, 2.75) is 10.2 Å². The van der Waals surface area contributed by atoms with E-state index >= 15 is 0 Å². The molecule has 68 valence electrons. The second-order valence-corrected chi connectivity index (χ2v) is 5.04. The summed E-state index contributed by atoms with van der Waals surface area (Å²) in [6, 6.07) is 4.04. The van der Waals surface area contributed by atoms with Gasteiger partial charge in [-0.2, -0.15) is 11.3 Å². The van der Waals surface area contributed by atoms with E-state index in [1.54, 1.807) is 23.1 Å². The minimum atomic E-state index is -0.505. The fourth-order valence-corrected chi connectivity index (χ4v) is 2.34. The van der Waals surface area contributed by atoms with Crippen LogP contribution in [0, 0.1) is 0 Å². The molecule has 1 aliphatic carbocycles. The molecule has 0 saturated carbocycles. The van der Waals surface area contributed by atoms with Gasteiger partial charge in [0, 0.05) is 0 Å². The molecule has 1 saturated heterocycles. The summed E-state index contributed by atoms with van der Waals surface area (Å²) in [6.45, 7) is 0. The number of hydrogen-bond donors (Lipinski definition) is 1. The van der Waals surface area contributed by atoms with Crippen LogP contribution in [0.3, 0.4) is 0 Å². The van der Waals surface area contributed by atoms with Crippen molar-refractivity contribution in [3.63, 3.8) is 0 Å². The topological polar surface area (TPSA) is 20.2 Å². The Kier molecular flexibility index (Phi) is 2.58. The van der Waals surface area contributed by atoms with Crippen molar-refractivity contribution >= 4 is 23.1 Å². The van der Waals surface area contributed by atoms with E-state index in [4.69, 9.17) is 0 Å². The van der Waals surface area contributed by atoms with Crippen molar-refractivity contribution in [2.24, 2.45) is 0 Å². The summed E-state index contributed by atoms with van der Waals surface area (Å²) in [4.78, 5) is -0.505. The molecule has 1 aliphatic heterocycles. The van der Waals surface area contributed by atoms with Gasteiger partial charge in [0.15, 0.2) is 0 Å². The third-order valence-electron chi connectivity index (χ3n) is 1.82. The van der Waals surface area contributed by atoms with E-state index in [1.165, 1.54) is 0 Å². The number of thioether (sulfide) groups is 1. The van der Waals surface area contributed by atoms with Crippen LogP contribution in [0.25, 0.3) is 0 Å².